The Bertz CT molecular complexity index is 1410. The first kappa shape index (κ1) is 31.8. The summed E-state index contributed by atoms with van der Waals surface area (Å²) in [6, 6.07) is 4.28. The number of imidazole rings is 1. The highest BCUT2D eigenvalue weighted by atomic mass is 79.9. The van der Waals surface area contributed by atoms with E-state index in [9.17, 15) is 0 Å². The second-order valence-corrected chi connectivity index (χ2v) is 26.8. The Balaban J connectivity index is 1.51. The fourth-order valence-electron chi connectivity index (χ4n) is 5.61. The Hall–Kier alpha value is -1.58. The minimum atomic E-state index is -1.22. The van der Waals surface area contributed by atoms with Crippen LogP contribution in [0.5, 0.6) is 5.88 Å². The minimum absolute atomic E-state index is 0.376. The Morgan fingerprint density at radius 3 is 2.33 bits per heavy atom. The summed E-state index contributed by atoms with van der Waals surface area (Å²) in [4.78, 5) is 9.88. The molecule has 0 saturated heterocycles. The third-order valence-corrected chi connectivity index (χ3v) is 12.5. The molecule has 0 bridgehead atoms. The van der Waals surface area contributed by atoms with Gasteiger partial charge in [-0.05, 0) is 64.7 Å². The van der Waals surface area contributed by atoms with Crippen molar-refractivity contribution in [3.63, 3.8) is 0 Å². The maximum Gasteiger partial charge on any atom is 0.230 e. The third-order valence-electron chi connectivity index (χ3n) is 8.55. The van der Waals surface area contributed by atoms with Gasteiger partial charge in [0.05, 0.1) is 16.6 Å². The van der Waals surface area contributed by atoms with Crippen LogP contribution < -0.4 is 4.74 Å². The van der Waals surface area contributed by atoms with Crippen molar-refractivity contribution in [2.75, 3.05) is 33.5 Å². The number of hydrogen-bond acceptors (Lipinski definition) is 7. The molecule has 232 valence electrons. The average Bonchev–Trinajstić information content (AvgIpc) is 3.27. The van der Waals surface area contributed by atoms with Gasteiger partial charge in [-0.25, -0.2) is 9.67 Å². The largest absolute Gasteiger partial charge is 0.474 e. The van der Waals surface area contributed by atoms with Crippen LogP contribution in [0.25, 0.3) is 22.7 Å². The summed E-state index contributed by atoms with van der Waals surface area (Å²) >= 11 is 3.67. The van der Waals surface area contributed by atoms with Gasteiger partial charge in [-0.1, -0.05) is 46.2 Å². The van der Waals surface area contributed by atoms with Crippen LogP contribution in [0, 0.1) is 11.3 Å². The molecule has 5 rings (SSSR count). The third kappa shape index (κ3) is 7.37. The molecule has 0 aliphatic heterocycles. The molecule has 1 fully saturated rings. The Morgan fingerprint density at radius 1 is 0.976 bits per heavy atom. The van der Waals surface area contributed by atoms with E-state index in [1.54, 1.807) is 7.11 Å². The molecule has 1 saturated carbocycles. The van der Waals surface area contributed by atoms with E-state index in [0.717, 1.165) is 59.7 Å². The fraction of sp³-hybridized carbons (Fsp3) is 0.700. The predicted molar refractivity (Wildman–Crippen MR) is 176 cm³/mol. The molecular formula is C30H48BrN5O4Si2. The van der Waals surface area contributed by atoms with Crippen molar-refractivity contribution in [1.82, 2.24) is 24.3 Å². The Morgan fingerprint density at radius 2 is 1.67 bits per heavy atom. The van der Waals surface area contributed by atoms with Gasteiger partial charge in [-0.3, -0.25) is 4.57 Å². The highest BCUT2D eigenvalue weighted by Gasteiger charge is 2.54. The zero-order chi connectivity index (χ0) is 30.3. The van der Waals surface area contributed by atoms with E-state index in [0.29, 0.717) is 49.5 Å². The second-order valence-electron chi connectivity index (χ2n) is 14.7. The highest BCUT2D eigenvalue weighted by Crippen LogP contribution is 2.60. The first-order valence-corrected chi connectivity index (χ1v) is 23.4. The maximum absolute atomic E-state index is 6.29. The number of pyridine rings is 1. The predicted octanol–water partition coefficient (Wildman–Crippen LogP) is 6.83. The zero-order valence-corrected chi connectivity index (χ0v) is 30.3. The smallest absolute Gasteiger partial charge is 0.230 e. The monoisotopic (exact) mass is 677 g/mol. The second kappa shape index (κ2) is 12.4. The fourth-order valence-corrected chi connectivity index (χ4v) is 7.54. The van der Waals surface area contributed by atoms with Gasteiger partial charge in [0.25, 0.3) is 0 Å². The number of hydrogen-bond donors (Lipinski definition) is 0. The van der Waals surface area contributed by atoms with Gasteiger partial charge in [-0.15, -0.1) is 0 Å². The number of fused-ring (bicyclic) bond motifs is 3. The molecule has 0 N–H and O–H groups in total. The molecule has 2 atom stereocenters. The molecule has 0 amide bonds. The van der Waals surface area contributed by atoms with Gasteiger partial charge in [0.1, 0.15) is 25.8 Å². The molecule has 0 unspecified atom stereocenters. The molecule has 42 heavy (non-hydrogen) atoms. The summed E-state index contributed by atoms with van der Waals surface area (Å²) in [5.41, 5.74) is 5.42. The summed E-state index contributed by atoms with van der Waals surface area (Å²) < 4.78 is 28.6. The molecule has 2 aliphatic carbocycles. The van der Waals surface area contributed by atoms with Crippen molar-refractivity contribution in [3.8, 4) is 17.4 Å². The summed E-state index contributed by atoms with van der Waals surface area (Å²) in [5.74, 6) is 2.01. The summed E-state index contributed by atoms with van der Waals surface area (Å²) in [5, 5.41) is 5.19. The van der Waals surface area contributed by atoms with Crippen molar-refractivity contribution < 1.29 is 18.9 Å². The molecule has 3 heterocycles. The van der Waals surface area contributed by atoms with E-state index >= 15 is 0 Å². The number of nitrogens with zero attached hydrogens (tertiary/aromatic N) is 5. The Labute approximate surface area is 260 Å². The molecule has 3 aromatic heterocycles. The van der Waals surface area contributed by atoms with Crippen LogP contribution in [-0.2, 0) is 40.5 Å². The SMILES string of the molecule is COCCOc1nc2nc(-c3nn(COCC[Si](C)(C)C)c4c3C[C@@H]3C[C@]3(C)C4)n(COCC[Si](C)(C)C)c2cc1Br. The molecule has 0 spiro atoms. The number of methoxy groups -OCH3 is 1. The van der Waals surface area contributed by atoms with Gasteiger partial charge >= 0.3 is 0 Å². The molecule has 2 aliphatic rings. The standard InChI is InChI=1S/C30H48BrN5O4Si2/c1-30-17-21(30)15-22-25(18-30)36(20-39-12-14-42(6,7)8)34-26(22)28-32-27-24(35(28)19-38-11-13-41(3,4)5)16-23(31)29(33-27)40-10-9-37-2/h16,21H,9-15,17-20H2,1-8H3/t21-,30-/m1/s1. The van der Waals surface area contributed by atoms with Gasteiger partial charge in [0.15, 0.2) is 11.5 Å². The van der Waals surface area contributed by atoms with E-state index < -0.39 is 16.1 Å². The van der Waals surface area contributed by atoms with Crippen LogP contribution >= 0.6 is 15.9 Å². The maximum atomic E-state index is 6.29. The molecule has 0 aromatic carbocycles. The van der Waals surface area contributed by atoms with Crippen LogP contribution in [0.15, 0.2) is 10.5 Å². The first-order valence-electron chi connectivity index (χ1n) is 15.2. The van der Waals surface area contributed by atoms with E-state index in [-0.39, 0.29) is 0 Å². The van der Waals surface area contributed by atoms with Crippen molar-refractivity contribution in [1.29, 1.82) is 0 Å². The summed E-state index contributed by atoms with van der Waals surface area (Å²) in [7, 11) is -0.732. The Kier molecular flexibility index (Phi) is 9.42. The van der Waals surface area contributed by atoms with Gasteiger partial charge < -0.3 is 18.9 Å². The van der Waals surface area contributed by atoms with E-state index in [2.05, 4.69) is 71.4 Å². The van der Waals surface area contributed by atoms with Crippen molar-refractivity contribution in [2.24, 2.45) is 11.3 Å². The average molecular weight is 679 g/mol. The van der Waals surface area contributed by atoms with Gasteiger partial charge in [0, 0.05) is 47.7 Å². The number of ether oxygens (including phenoxy) is 4. The van der Waals surface area contributed by atoms with E-state index in [1.807, 2.05) is 6.07 Å². The van der Waals surface area contributed by atoms with E-state index in [1.165, 1.54) is 17.7 Å². The molecule has 3 aromatic rings. The molecule has 0 radical (unpaired) electrons. The highest BCUT2D eigenvalue weighted by molar-refractivity contribution is 9.10. The van der Waals surface area contributed by atoms with Crippen molar-refractivity contribution >= 4 is 43.2 Å². The number of rotatable bonds is 15. The lowest BCUT2D eigenvalue weighted by Gasteiger charge is -2.20. The summed E-state index contributed by atoms with van der Waals surface area (Å²) in [6.45, 7) is 19.9. The number of halogens is 1. The first-order chi connectivity index (χ1) is 19.8. The van der Waals surface area contributed by atoms with E-state index in [4.69, 9.17) is 34.0 Å². The van der Waals surface area contributed by atoms with Crippen LogP contribution in [0.1, 0.15) is 24.6 Å². The lowest BCUT2D eigenvalue weighted by atomic mass is 9.87. The topological polar surface area (TPSA) is 85.5 Å². The van der Waals surface area contributed by atoms with Crippen LogP contribution in [0.3, 0.4) is 0 Å². The summed E-state index contributed by atoms with van der Waals surface area (Å²) in [6.07, 6.45) is 3.33. The van der Waals surface area contributed by atoms with Crippen LogP contribution in [0.4, 0.5) is 0 Å². The van der Waals surface area contributed by atoms with Gasteiger partial charge in [-0.2, -0.15) is 10.1 Å². The molecule has 12 heteroatoms. The lowest BCUT2D eigenvalue weighted by molar-refractivity contribution is 0.0756. The minimum Gasteiger partial charge on any atom is -0.474 e. The lowest BCUT2D eigenvalue weighted by Crippen LogP contribution is -2.23. The normalized spacial score (nSPS) is 20.2. The van der Waals surface area contributed by atoms with Crippen LogP contribution in [-0.4, -0.2) is 74.0 Å². The van der Waals surface area contributed by atoms with Crippen molar-refractivity contribution in [3.05, 3.63) is 21.8 Å². The quantitative estimate of drug-likeness (QED) is 0.129. The number of aromatic nitrogens is 5. The molecular weight excluding hydrogens is 630 g/mol. The van der Waals surface area contributed by atoms with Crippen LogP contribution in [0.2, 0.25) is 51.4 Å². The van der Waals surface area contributed by atoms with Crippen molar-refractivity contribution in [2.45, 2.75) is 91.0 Å². The van der Waals surface area contributed by atoms with Gasteiger partial charge in [0.2, 0.25) is 5.88 Å². The zero-order valence-electron chi connectivity index (χ0n) is 26.7. The molecule has 9 nitrogen and oxygen atoms in total.